The molecule has 2 aromatic carbocycles. The number of oxazole rings is 1. The number of hydrogen-bond acceptors (Lipinski definition) is 5. The number of nitrogens with zero attached hydrogens (tertiary/aromatic N) is 1. The highest BCUT2D eigenvalue weighted by atomic mass is 32.2. The van der Waals surface area contributed by atoms with E-state index in [9.17, 15) is 13.2 Å². The van der Waals surface area contributed by atoms with E-state index in [4.69, 9.17) is 4.42 Å². The van der Waals surface area contributed by atoms with E-state index in [1.54, 1.807) is 43.3 Å². The van der Waals surface area contributed by atoms with Crippen LogP contribution in [-0.2, 0) is 14.8 Å². The molecule has 0 spiro atoms. The van der Waals surface area contributed by atoms with E-state index in [1.165, 1.54) is 18.2 Å². The fraction of sp³-hybridized carbons (Fsp3) is 0.200. The van der Waals surface area contributed by atoms with Crippen LogP contribution >= 0.6 is 0 Å². The Morgan fingerprint density at radius 3 is 2.64 bits per heavy atom. The summed E-state index contributed by atoms with van der Waals surface area (Å²) >= 11 is 0. The largest absolute Gasteiger partial charge is 0.441 e. The molecule has 2 N–H and O–H groups in total. The zero-order chi connectivity index (χ0) is 20.1. The predicted molar refractivity (Wildman–Crippen MR) is 108 cm³/mol. The Bertz CT molecular complexity index is 1120. The summed E-state index contributed by atoms with van der Waals surface area (Å²) in [6.45, 7) is 4.05. The van der Waals surface area contributed by atoms with Gasteiger partial charge in [-0.1, -0.05) is 19.1 Å². The molecule has 3 rings (SSSR count). The van der Waals surface area contributed by atoms with Gasteiger partial charge < -0.3 is 9.73 Å². The number of sulfonamides is 1. The molecule has 0 saturated heterocycles. The molecular formula is C20H21N3O4S. The molecular weight excluding hydrogens is 378 g/mol. The lowest BCUT2D eigenvalue weighted by molar-refractivity contribution is -0.111. The van der Waals surface area contributed by atoms with Crippen molar-refractivity contribution in [2.24, 2.45) is 0 Å². The van der Waals surface area contributed by atoms with Gasteiger partial charge in [-0.05, 0) is 48.4 Å². The molecule has 0 atom stereocenters. The summed E-state index contributed by atoms with van der Waals surface area (Å²) in [6.07, 6.45) is 3.72. The van der Waals surface area contributed by atoms with E-state index >= 15 is 0 Å². The van der Waals surface area contributed by atoms with Crippen LogP contribution in [0.5, 0.6) is 0 Å². The average Bonchev–Trinajstić information content (AvgIpc) is 3.04. The molecule has 8 heteroatoms. The van der Waals surface area contributed by atoms with Crippen molar-refractivity contribution in [3.8, 4) is 0 Å². The number of nitrogens with one attached hydrogen (secondary N) is 2. The number of anilines is 1. The van der Waals surface area contributed by atoms with Crippen molar-refractivity contribution >= 4 is 38.8 Å². The lowest BCUT2D eigenvalue weighted by Crippen LogP contribution is -2.24. The van der Waals surface area contributed by atoms with Gasteiger partial charge in [0.05, 0.1) is 4.90 Å². The maximum atomic E-state index is 12.1. The van der Waals surface area contributed by atoms with Gasteiger partial charge in [-0.2, -0.15) is 0 Å². The minimum atomic E-state index is -3.49. The van der Waals surface area contributed by atoms with Gasteiger partial charge in [0.1, 0.15) is 5.52 Å². The van der Waals surface area contributed by atoms with Gasteiger partial charge in [0.15, 0.2) is 11.5 Å². The second-order valence-corrected chi connectivity index (χ2v) is 7.97. The molecule has 0 aliphatic carbocycles. The number of rotatable bonds is 7. The number of aryl methyl sites for hydroxylation is 1. The summed E-state index contributed by atoms with van der Waals surface area (Å²) < 4.78 is 32.0. The fourth-order valence-corrected chi connectivity index (χ4v) is 3.69. The summed E-state index contributed by atoms with van der Waals surface area (Å²) in [5, 5.41) is 2.76. The van der Waals surface area contributed by atoms with Crippen molar-refractivity contribution in [1.29, 1.82) is 0 Å². The summed E-state index contributed by atoms with van der Waals surface area (Å²) in [5.74, 6) is 0.259. The van der Waals surface area contributed by atoms with Gasteiger partial charge in [-0.15, -0.1) is 0 Å². The van der Waals surface area contributed by atoms with Crippen LogP contribution in [-0.4, -0.2) is 25.9 Å². The zero-order valence-corrected chi connectivity index (χ0v) is 16.4. The molecule has 0 radical (unpaired) electrons. The van der Waals surface area contributed by atoms with Gasteiger partial charge in [-0.25, -0.2) is 18.1 Å². The Kier molecular flexibility index (Phi) is 5.91. The quantitative estimate of drug-likeness (QED) is 0.592. The standard InChI is InChI=1S/C20H21N3O4S/c1-3-12-21-28(25,26)17-8-4-15(5-9-17)6-11-20(24)23-16-7-10-19-18(13-16)22-14(2)27-19/h4-11,13,21H,3,12H2,1-2H3,(H,23,24). The Labute approximate surface area is 163 Å². The smallest absolute Gasteiger partial charge is 0.248 e. The number of aromatic nitrogens is 1. The minimum absolute atomic E-state index is 0.193. The van der Waals surface area contributed by atoms with Crippen LogP contribution in [0, 0.1) is 6.92 Å². The van der Waals surface area contributed by atoms with Gasteiger partial charge in [-0.3, -0.25) is 4.79 Å². The van der Waals surface area contributed by atoms with E-state index in [0.29, 0.717) is 34.8 Å². The molecule has 3 aromatic rings. The van der Waals surface area contributed by atoms with Crippen LogP contribution in [0.15, 0.2) is 57.9 Å². The Hall–Kier alpha value is -2.97. The number of carbonyl (C=O) groups excluding carboxylic acids is 1. The molecule has 0 aliphatic heterocycles. The highest BCUT2D eigenvalue weighted by Crippen LogP contribution is 2.19. The van der Waals surface area contributed by atoms with Crippen molar-refractivity contribution in [3.63, 3.8) is 0 Å². The van der Waals surface area contributed by atoms with Crippen molar-refractivity contribution < 1.29 is 17.6 Å². The van der Waals surface area contributed by atoms with Crippen molar-refractivity contribution in [2.75, 3.05) is 11.9 Å². The SMILES string of the molecule is CCCNS(=O)(=O)c1ccc(C=CC(=O)Nc2ccc3oc(C)nc3c2)cc1. The number of amides is 1. The zero-order valence-electron chi connectivity index (χ0n) is 15.6. The predicted octanol–water partition coefficient (Wildman–Crippen LogP) is 3.48. The molecule has 28 heavy (non-hydrogen) atoms. The van der Waals surface area contributed by atoms with Crippen LogP contribution in [0.25, 0.3) is 17.2 Å². The van der Waals surface area contributed by atoms with Gasteiger partial charge in [0.25, 0.3) is 0 Å². The van der Waals surface area contributed by atoms with Crippen molar-refractivity contribution in [2.45, 2.75) is 25.2 Å². The van der Waals surface area contributed by atoms with Gasteiger partial charge in [0, 0.05) is 25.2 Å². The summed E-state index contributed by atoms with van der Waals surface area (Å²) in [6, 6.07) is 11.5. The second kappa shape index (κ2) is 8.37. The Morgan fingerprint density at radius 1 is 1.18 bits per heavy atom. The first kappa shape index (κ1) is 19.8. The molecule has 0 bridgehead atoms. The molecule has 0 unspecified atom stereocenters. The molecule has 0 saturated carbocycles. The van der Waals surface area contributed by atoms with Crippen molar-refractivity contribution in [1.82, 2.24) is 9.71 Å². The molecule has 1 aromatic heterocycles. The van der Waals surface area contributed by atoms with Crippen LogP contribution in [0.4, 0.5) is 5.69 Å². The Morgan fingerprint density at radius 2 is 1.93 bits per heavy atom. The number of hydrogen-bond donors (Lipinski definition) is 2. The third kappa shape index (κ3) is 4.85. The normalized spacial score (nSPS) is 11.9. The fourth-order valence-electron chi connectivity index (χ4n) is 2.55. The van der Waals surface area contributed by atoms with E-state index in [-0.39, 0.29) is 10.8 Å². The number of carbonyl (C=O) groups is 1. The van der Waals surface area contributed by atoms with Gasteiger partial charge in [0.2, 0.25) is 15.9 Å². The van der Waals surface area contributed by atoms with E-state index in [0.717, 1.165) is 6.42 Å². The lowest BCUT2D eigenvalue weighted by atomic mass is 10.2. The van der Waals surface area contributed by atoms with E-state index < -0.39 is 10.0 Å². The first-order valence-electron chi connectivity index (χ1n) is 8.83. The lowest BCUT2D eigenvalue weighted by Gasteiger charge is -2.05. The van der Waals surface area contributed by atoms with E-state index in [1.807, 2.05) is 6.92 Å². The molecule has 7 nitrogen and oxygen atoms in total. The molecule has 146 valence electrons. The van der Waals surface area contributed by atoms with Gasteiger partial charge >= 0.3 is 0 Å². The van der Waals surface area contributed by atoms with Crippen LogP contribution in [0.2, 0.25) is 0 Å². The molecule has 1 heterocycles. The van der Waals surface area contributed by atoms with Crippen LogP contribution < -0.4 is 10.0 Å². The van der Waals surface area contributed by atoms with Crippen LogP contribution in [0.3, 0.4) is 0 Å². The second-order valence-electron chi connectivity index (χ2n) is 6.20. The first-order valence-corrected chi connectivity index (χ1v) is 10.3. The number of fused-ring (bicyclic) bond motifs is 1. The molecule has 0 aliphatic rings. The summed E-state index contributed by atoms with van der Waals surface area (Å²) in [4.78, 5) is 16.5. The third-order valence-electron chi connectivity index (χ3n) is 3.92. The Balaban J connectivity index is 1.64. The molecule has 0 fully saturated rings. The minimum Gasteiger partial charge on any atom is -0.441 e. The molecule has 1 amide bonds. The van der Waals surface area contributed by atoms with Crippen LogP contribution in [0.1, 0.15) is 24.8 Å². The third-order valence-corrected chi connectivity index (χ3v) is 5.40. The topological polar surface area (TPSA) is 101 Å². The highest BCUT2D eigenvalue weighted by Gasteiger charge is 2.12. The first-order chi connectivity index (χ1) is 13.4. The summed E-state index contributed by atoms with van der Waals surface area (Å²) in [5.41, 5.74) is 2.66. The number of benzene rings is 2. The maximum Gasteiger partial charge on any atom is 0.248 e. The maximum absolute atomic E-state index is 12.1. The monoisotopic (exact) mass is 399 g/mol. The van der Waals surface area contributed by atoms with Crippen molar-refractivity contribution in [3.05, 3.63) is 60.0 Å². The highest BCUT2D eigenvalue weighted by molar-refractivity contribution is 7.89. The summed E-state index contributed by atoms with van der Waals surface area (Å²) in [7, 11) is -3.49. The van der Waals surface area contributed by atoms with E-state index in [2.05, 4.69) is 15.0 Å². The average molecular weight is 399 g/mol.